The Morgan fingerprint density at radius 3 is 2.50 bits per heavy atom. The molecule has 0 bridgehead atoms. The summed E-state index contributed by atoms with van der Waals surface area (Å²) < 4.78 is 0. The summed E-state index contributed by atoms with van der Waals surface area (Å²) in [5, 5.41) is 10.6. The third kappa shape index (κ3) is 8.92. The predicted octanol–water partition coefficient (Wildman–Crippen LogP) is 3.02. The van der Waals surface area contributed by atoms with Crippen molar-refractivity contribution in [2.75, 3.05) is 45.7 Å². The molecule has 0 saturated carbocycles. The second-order valence-corrected chi connectivity index (χ2v) is 7.26. The van der Waals surface area contributed by atoms with Gasteiger partial charge < -0.3 is 20.4 Å². The molecule has 1 aromatic carbocycles. The van der Waals surface area contributed by atoms with Gasteiger partial charge in [0, 0.05) is 39.9 Å². The van der Waals surface area contributed by atoms with Crippen molar-refractivity contribution in [1.82, 2.24) is 15.5 Å². The highest BCUT2D eigenvalue weighted by molar-refractivity contribution is 14.0. The van der Waals surface area contributed by atoms with Gasteiger partial charge in [-0.05, 0) is 40.9 Å². The molecule has 154 valence electrons. The molecule has 1 aromatic heterocycles. The minimum atomic E-state index is 0. The highest BCUT2D eigenvalue weighted by Crippen LogP contribution is 2.10. The van der Waals surface area contributed by atoms with Gasteiger partial charge in [-0.25, -0.2) is 4.99 Å². The van der Waals surface area contributed by atoms with Crippen LogP contribution in [0, 0.1) is 0 Å². The first-order chi connectivity index (χ1) is 13.1. The number of hydrogen-bond donors (Lipinski definition) is 2. The zero-order valence-corrected chi connectivity index (χ0v) is 19.9. The van der Waals surface area contributed by atoms with Crippen LogP contribution in [-0.4, -0.2) is 57.5 Å². The molecule has 0 radical (unpaired) electrons. The number of anilines is 1. The van der Waals surface area contributed by atoms with Crippen molar-refractivity contribution >= 4 is 52.9 Å². The lowest BCUT2D eigenvalue weighted by atomic mass is 10.3. The quantitative estimate of drug-likeness (QED) is 0.233. The first-order valence-corrected chi connectivity index (χ1v) is 10.00. The van der Waals surface area contributed by atoms with Gasteiger partial charge in [-0.15, -0.1) is 24.0 Å². The molecule has 0 aliphatic heterocycles. The molecule has 8 heteroatoms. The average Bonchev–Trinajstić information content (AvgIpc) is 3.20. The number of carbonyl (C=O) groups is 1. The van der Waals surface area contributed by atoms with Gasteiger partial charge >= 0.3 is 0 Å². The molecule has 2 aromatic rings. The average molecular weight is 515 g/mol. The van der Waals surface area contributed by atoms with Gasteiger partial charge in [0.05, 0.1) is 13.1 Å². The molecular formula is C20H30IN5OS. The van der Waals surface area contributed by atoms with E-state index in [1.54, 1.807) is 30.3 Å². The number of carbonyl (C=O) groups excluding carboxylic acids is 1. The molecular weight excluding hydrogens is 485 g/mol. The van der Waals surface area contributed by atoms with E-state index < -0.39 is 0 Å². The number of nitrogens with one attached hydrogen (secondary N) is 2. The predicted molar refractivity (Wildman–Crippen MR) is 130 cm³/mol. The first kappa shape index (κ1) is 24.2. The SMILES string of the molecule is CN(C)C(=O)CNC(=NCc1ccsc1)NCCCN(C)c1ccccc1.I. The minimum absolute atomic E-state index is 0. The number of likely N-dealkylation sites (N-methyl/N-ethyl adjacent to an activating group) is 1. The van der Waals surface area contributed by atoms with Gasteiger partial charge in [0.15, 0.2) is 5.96 Å². The van der Waals surface area contributed by atoms with Gasteiger partial charge in [-0.1, -0.05) is 18.2 Å². The van der Waals surface area contributed by atoms with Gasteiger partial charge in [-0.3, -0.25) is 4.79 Å². The molecule has 0 spiro atoms. The van der Waals surface area contributed by atoms with Crippen LogP contribution in [0.4, 0.5) is 5.69 Å². The van der Waals surface area contributed by atoms with E-state index in [1.807, 2.05) is 23.6 Å². The van der Waals surface area contributed by atoms with Crippen LogP contribution in [0.15, 0.2) is 52.2 Å². The number of guanidine groups is 1. The lowest BCUT2D eigenvalue weighted by Crippen LogP contribution is -2.43. The van der Waals surface area contributed by atoms with Gasteiger partial charge in [-0.2, -0.15) is 11.3 Å². The summed E-state index contributed by atoms with van der Waals surface area (Å²) in [6, 6.07) is 12.4. The number of thiophene rings is 1. The van der Waals surface area contributed by atoms with Crippen molar-refractivity contribution < 1.29 is 4.79 Å². The molecule has 2 N–H and O–H groups in total. The summed E-state index contributed by atoms with van der Waals surface area (Å²) in [6.45, 7) is 2.54. The topological polar surface area (TPSA) is 60.0 Å². The van der Waals surface area contributed by atoms with E-state index in [0.717, 1.165) is 19.5 Å². The fraction of sp³-hybridized carbons (Fsp3) is 0.400. The number of para-hydroxylation sites is 1. The number of halogens is 1. The summed E-state index contributed by atoms with van der Waals surface area (Å²) in [5.74, 6) is 0.683. The minimum Gasteiger partial charge on any atom is -0.375 e. The lowest BCUT2D eigenvalue weighted by Gasteiger charge is -2.20. The fourth-order valence-electron chi connectivity index (χ4n) is 2.38. The Hall–Kier alpha value is -1.81. The van der Waals surface area contributed by atoms with Crippen molar-refractivity contribution in [2.45, 2.75) is 13.0 Å². The molecule has 1 amide bonds. The standard InChI is InChI=1S/C20H29N5OS.HI/c1-24(2)19(26)15-23-20(22-14-17-10-13-27-16-17)21-11-7-12-25(3)18-8-5-4-6-9-18;/h4-6,8-10,13,16H,7,11-12,14-15H2,1-3H3,(H2,21,22,23);1H. The maximum atomic E-state index is 11.8. The zero-order valence-electron chi connectivity index (χ0n) is 16.7. The number of nitrogens with zero attached hydrogens (tertiary/aromatic N) is 3. The molecule has 1 heterocycles. The van der Waals surface area contributed by atoms with Crippen LogP contribution in [0.5, 0.6) is 0 Å². The van der Waals surface area contributed by atoms with E-state index in [9.17, 15) is 4.79 Å². The van der Waals surface area contributed by atoms with Gasteiger partial charge in [0.25, 0.3) is 0 Å². The maximum Gasteiger partial charge on any atom is 0.241 e. The Kier molecular flexibility index (Phi) is 11.6. The summed E-state index contributed by atoms with van der Waals surface area (Å²) in [5.41, 5.74) is 2.38. The summed E-state index contributed by atoms with van der Waals surface area (Å²) in [7, 11) is 5.59. The fourth-order valence-corrected chi connectivity index (χ4v) is 3.04. The largest absolute Gasteiger partial charge is 0.375 e. The number of amides is 1. The number of hydrogen-bond acceptors (Lipinski definition) is 4. The van der Waals surface area contributed by atoms with Gasteiger partial charge in [0.1, 0.15) is 0 Å². The number of benzene rings is 1. The Morgan fingerprint density at radius 1 is 1.11 bits per heavy atom. The van der Waals surface area contributed by atoms with E-state index >= 15 is 0 Å². The Morgan fingerprint density at radius 2 is 1.86 bits per heavy atom. The second kappa shape index (κ2) is 13.4. The van der Waals surface area contributed by atoms with Crippen LogP contribution in [-0.2, 0) is 11.3 Å². The summed E-state index contributed by atoms with van der Waals surface area (Å²) >= 11 is 1.66. The molecule has 0 saturated heterocycles. The summed E-state index contributed by atoms with van der Waals surface area (Å²) in [4.78, 5) is 20.2. The first-order valence-electron chi connectivity index (χ1n) is 9.06. The van der Waals surface area contributed by atoms with Crippen molar-refractivity contribution in [2.24, 2.45) is 4.99 Å². The zero-order chi connectivity index (χ0) is 19.5. The number of aliphatic imine (C=N–C) groups is 1. The van der Waals surface area contributed by atoms with Crippen molar-refractivity contribution in [3.63, 3.8) is 0 Å². The van der Waals surface area contributed by atoms with E-state index in [2.05, 4.69) is 51.2 Å². The van der Waals surface area contributed by atoms with Crippen LogP contribution in [0.25, 0.3) is 0 Å². The van der Waals surface area contributed by atoms with Crippen LogP contribution in [0.2, 0.25) is 0 Å². The third-order valence-electron chi connectivity index (χ3n) is 4.07. The molecule has 0 aliphatic carbocycles. The highest BCUT2D eigenvalue weighted by atomic mass is 127. The smallest absolute Gasteiger partial charge is 0.241 e. The van der Waals surface area contributed by atoms with Crippen LogP contribution >= 0.6 is 35.3 Å². The molecule has 6 nitrogen and oxygen atoms in total. The van der Waals surface area contributed by atoms with E-state index in [-0.39, 0.29) is 36.4 Å². The summed E-state index contributed by atoms with van der Waals surface area (Å²) in [6.07, 6.45) is 0.964. The van der Waals surface area contributed by atoms with Crippen LogP contribution in [0.1, 0.15) is 12.0 Å². The van der Waals surface area contributed by atoms with E-state index in [1.165, 1.54) is 11.3 Å². The Labute approximate surface area is 189 Å². The Balaban J connectivity index is 0.00000392. The van der Waals surface area contributed by atoms with Crippen molar-refractivity contribution in [1.29, 1.82) is 0 Å². The molecule has 2 rings (SSSR count). The third-order valence-corrected chi connectivity index (χ3v) is 4.80. The molecule has 0 fully saturated rings. The number of rotatable bonds is 9. The molecule has 0 atom stereocenters. The van der Waals surface area contributed by atoms with E-state index in [0.29, 0.717) is 12.5 Å². The molecule has 28 heavy (non-hydrogen) atoms. The van der Waals surface area contributed by atoms with Crippen LogP contribution in [0.3, 0.4) is 0 Å². The molecule has 0 unspecified atom stereocenters. The van der Waals surface area contributed by atoms with Gasteiger partial charge in [0.2, 0.25) is 5.91 Å². The normalized spacial score (nSPS) is 10.8. The second-order valence-electron chi connectivity index (χ2n) is 6.48. The lowest BCUT2D eigenvalue weighted by molar-refractivity contribution is -0.127. The molecule has 0 aliphatic rings. The van der Waals surface area contributed by atoms with Crippen molar-refractivity contribution in [3.05, 3.63) is 52.7 Å². The van der Waals surface area contributed by atoms with Crippen molar-refractivity contribution in [3.8, 4) is 0 Å². The maximum absolute atomic E-state index is 11.8. The monoisotopic (exact) mass is 515 g/mol. The highest BCUT2D eigenvalue weighted by Gasteiger charge is 2.06. The van der Waals surface area contributed by atoms with Crippen LogP contribution < -0.4 is 15.5 Å². The van der Waals surface area contributed by atoms with E-state index in [4.69, 9.17) is 0 Å². The Bertz CT molecular complexity index is 707.